The second-order valence-corrected chi connectivity index (χ2v) is 9.15. The summed E-state index contributed by atoms with van der Waals surface area (Å²) in [4.78, 5) is 20.3. The summed E-state index contributed by atoms with van der Waals surface area (Å²) in [7, 11) is -2.07. The highest BCUT2D eigenvalue weighted by Gasteiger charge is 2.18. The summed E-state index contributed by atoms with van der Waals surface area (Å²) >= 11 is 7.57. The molecule has 0 amide bonds. The van der Waals surface area contributed by atoms with Crippen LogP contribution in [0.5, 0.6) is 0 Å². The molecule has 0 aliphatic heterocycles. The van der Waals surface area contributed by atoms with Crippen LogP contribution in [0.15, 0.2) is 40.9 Å². The fraction of sp³-hybridized carbons (Fsp3) is 0.278. The van der Waals surface area contributed by atoms with Crippen LogP contribution in [0.4, 0.5) is 0 Å². The highest BCUT2D eigenvalue weighted by molar-refractivity contribution is 7.89. The molecular weight excluding hydrogens is 436 g/mol. The lowest BCUT2D eigenvalue weighted by molar-refractivity contribution is -0.144. The Bertz CT molecular complexity index is 1110. The number of hydrogen-bond acceptors (Lipinski definition) is 7. The fourth-order valence-corrected chi connectivity index (χ4v) is 4.57. The summed E-state index contributed by atoms with van der Waals surface area (Å²) in [5.74, 6) is 0.0430. The van der Waals surface area contributed by atoms with Gasteiger partial charge in [-0.15, -0.1) is 11.3 Å². The van der Waals surface area contributed by atoms with Gasteiger partial charge in [0, 0.05) is 30.7 Å². The highest BCUT2D eigenvalue weighted by atomic mass is 35.5. The van der Waals surface area contributed by atoms with Crippen molar-refractivity contribution in [1.82, 2.24) is 19.3 Å². The molecule has 0 spiro atoms. The molecule has 1 N–H and O–H groups in total. The summed E-state index contributed by atoms with van der Waals surface area (Å²) < 4.78 is 33.4. The summed E-state index contributed by atoms with van der Waals surface area (Å²) in [6.07, 6.45) is 1.31. The number of nitrogens with one attached hydrogen (secondary N) is 1. The van der Waals surface area contributed by atoms with E-state index in [1.165, 1.54) is 17.5 Å². The van der Waals surface area contributed by atoms with Crippen LogP contribution in [-0.2, 0) is 33.2 Å². The van der Waals surface area contributed by atoms with Gasteiger partial charge in [-0.2, -0.15) is 0 Å². The first kappa shape index (κ1) is 21.4. The van der Waals surface area contributed by atoms with Crippen molar-refractivity contribution in [2.45, 2.75) is 25.0 Å². The predicted octanol–water partition coefficient (Wildman–Crippen LogP) is 2.92. The lowest BCUT2D eigenvalue weighted by Crippen LogP contribution is -2.27. The van der Waals surface area contributed by atoms with E-state index in [1.807, 2.05) is 18.2 Å². The maximum atomic E-state index is 12.2. The summed E-state index contributed by atoms with van der Waals surface area (Å²) in [5, 5.41) is 3.04. The minimum Gasteiger partial charge on any atom is -0.459 e. The van der Waals surface area contributed by atoms with E-state index in [9.17, 15) is 13.2 Å². The van der Waals surface area contributed by atoms with Crippen LogP contribution in [0.1, 0.15) is 17.9 Å². The molecule has 0 radical (unpaired) electrons. The lowest BCUT2D eigenvalue weighted by Gasteiger charge is -2.05. The van der Waals surface area contributed by atoms with Crippen LogP contribution >= 0.6 is 22.9 Å². The van der Waals surface area contributed by atoms with E-state index in [1.54, 1.807) is 30.0 Å². The Balaban J connectivity index is 1.48. The smallest absolute Gasteiger partial charge is 0.307 e. The normalized spacial score (nSPS) is 11.6. The minimum absolute atomic E-state index is 0.00592. The number of imidazole rings is 1. The van der Waals surface area contributed by atoms with Gasteiger partial charge in [-0.05, 0) is 13.0 Å². The number of thiazole rings is 1. The number of nitrogens with zero attached hydrogens (tertiary/aromatic N) is 3. The van der Waals surface area contributed by atoms with Gasteiger partial charge in [-0.25, -0.2) is 23.1 Å². The first-order valence-corrected chi connectivity index (χ1v) is 11.3. The molecule has 11 heteroatoms. The largest absolute Gasteiger partial charge is 0.459 e. The first-order valence-electron chi connectivity index (χ1n) is 8.61. The molecule has 0 fully saturated rings. The third-order valence-electron chi connectivity index (χ3n) is 4.02. The molecule has 0 aliphatic rings. The number of halogens is 1. The molecule has 2 aromatic heterocycles. The van der Waals surface area contributed by atoms with E-state index in [4.69, 9.17) is 16.3 Å². The number of ether oxygens (including phenoxy) is 1. The van der Waals surface area contributed by atoms with E-state index in [-0.39, 0.29) is 24.6 Å². The van der Waals surface area contributed by atoms with Crippen LogP contribution in [0.2, 0.25) is 5.02 Å². The molecule has 8 nitrogen and oxygen atoms in total. The molecular formula is C18H19ClN4O4S2. The predicted molar refractivity (Wildman–Crippen MR) is 110 cm³/mol. The molecule has 0 bridgehead atoms. The van der Waals surface area contributed by atoms with E-state index in [2.05, 4.69) is 14.7 Å². The average Bonchev–Trinajstić information content (AvgIpc) is 3.27. The summed E-state index contributed by atoms with van der Waals surface area (Å²) in [6.45, 7) is 1.62. The number of benzene rings is 1. The molecule has 0 unspecified atom stereocenters. The van der Waals surface area contributed by atoms with Crippen molar-refractivity contribution < 1.29 is 17.9 Å². The van der Waals surface area contributed by atoms with Gasteiger partial charge in [-0.3, -0.25) is 4.79 Å². The number of carbonyl (C=O) groups excluding carboxylic acids is 1. The third kappa shape index (κ3) is 5.41. The molecule has 3 aromatic rings. The number of esters is 1. The molecule has 0 aliphatic carbocycles. The molecule has 3 rings (SSSR count). The number of hydrogen-bond donors (Lipinski definition) is 1. The Morgan fingerprint density at radius 1 is 1.31 bits per heavy atom. The number of rotatable bonds is 8. The van der Waals surface area contributed by atoms with Gasteiger partial charge in [0.05, 0.1) is 17.1 Å². The van der Waals surface area contributed by atoms with E-state index >= 15 is 0 Å². The van der Waals surface area contributed by atoms with Crippen LogP contribution in [0.3, 0.4) is 0 Å². The van der Waals surface area contributed by atoms with Crippen LogP contribution in [0.25, 0.3) is 10.6 Å². The number of aryl methyl sites for hydroxylation is 2. The maximum Gasteiger partial charge on any atom is 0.307 e. The molecule has 0 saturated carbocycles. The average molecular weight is 455 g/mol. The first-order chi connectivity index (χ1) is 13.8. The maximum absolute atomic E-state index is 12.2. The van der Waals surface area contributed by atoms with Crippen LogP contribution in [-0.4, -0.2) is 35.5 Å². The topological polar surface area (TPSA) is 103 Å². The van der Waals surface area contributed by atoms with Gasteiger partial charge in [0.1, 0.15) is 17.4 Å². The van der Waals surface area contributed by atoms with Gasteiger partial charge >= 0.3 is 5.97 Å². The van der Waals surface area contributed by atoms with Gasteiger partial charge in [0.2, 0.25) is 0 Å². The number of carbonyl (C=O) groups is 1. The SMILES string of the molecule is Cc1nc(S(=O)(=O)NCCC(=O)OCc2csc(-c3ccccc3Cl)n2)cn1C. The minimum atomic E-state index is -3.77. The van der Waals surface area contributed by atoms with E-state index < -0.39 is 16.0 Å². The van der Waals surface area contributed by atoms with Crippen LogP contribution < -0.4 is 4.72 Å². The monoisotopic (exact) mass is 454 g/mol. The Morgan fingerprint density at radius 2 is 2.07 bits per heavy atom. The van der Waals surface area contributed by atoms with Crippen molar-refractivity contribution in [3.05, 3.63) is 52.4 Å². The van der Waals surface area contributed by atoms with Crippen molar-refractivity contribution in [1.29, 1.82) is 0 Å². The standard InChI is InChI=1S/C18H19ClN4O4S2/c1-12-21-16(9-23(12)2)29(25,26)20-8-7-17(24)27-10-13-11-28-18(22-13)14-5-3-4-6-15(14)19/h3-6,9,11,20H,7-8,10H2,1-2H3. The van der Waals surface area contributed by atoms with Crippen molar-refractivity contribution in [2.75, 3.05) is 6.54 Å². The Morgan fingerprint density at radius 3 is 2.76 bits per heavy atom. The number of aromatic nitrogens is 3. The molecule has 0 atom stereocenters. The zero-order valence-corrected chi connectivity index (χ0v) is 18.1. The van der Waals surface area contributed by atoms with Crippen molar-refractivity contribution in [3.8, 4) is 10.6 Å². The van der Waals surface area contributed by atoms with Crippen molar-refractivity contribution in [3.63, 3.8) is 0 Å². The lowest BCUT2D eigenvalue weighted by atomic mass is 10.2. The molecule has 154 valence electrons. The molecule has 0 saturated heterocycles. The van der Waals surface area contributed by atoms with Gasteiger partial charge in [0.15, 0.2) is 5.03 Å². The Hall–Kier alpha value is -2.27. The summed E-state index contributed by atoms with van der Waals surface area (Å²) in [6, 6.07) is 7.36. The van der Waals surface area contributed by atoms with Crippen molar-refractivity contribution >= 4 is 38.9 Å². The van der Waals surface area contributed by atoms with Gasteiger partial charge in [0.25, 0.3) is 10.0 Å². The second kappa shape index (κ2) is 9.04. The molecule has 2 heterocycles. The zero-order valence-electron chi connectivity index (χ0n) is 15.8. The van der Waals surface area contributed by atoms with Gasteiger partial charge < -0.3 is 9.30 Å². The van der Waals surface area contributed by atoms with Crippen LogP contribution in [0, 0.1) is 6.92 Å². The zero-order chi connectivity index (χ0) is 21.0. The van der Waals surface area contributed by atoms with Crippen molar-refractivity contribution in [2.24, 2.45) is 7.05 Å². The second-order valence-electron chi connectivity index (χ2n) is 6.17. The quantitative estimate of drug-likeness (QED) is 0.525. The third-order valence-corrected chi connectivity index (χ3v) is 6.61. The number of sulfonamides is 1. The molecule has 1 aromatic carbocycles. The fourth-order valence-electron chi connectivity index (χ4n) is 2.38. The highest BCUT2D eigenvalue weighted by Crippen LogP contribution is 2.30. The van der Waals surface area contributed by atoms with Gasteiger partial charge in [-0.1, -0.05) is 29.8 Å². The van der Waals surface area contributed by atoms with E-state index in [0.717, 1.165) is 10.6 Å². The Labute approximate surface area is 177 Å². The molecule has 29 heavy (non-hydrogen) atoms. The summed E-state index contributed by atoms with van der Waals surface area (Å²) in [5.41, 5.74) is 1.42. The van der Waals surface area contributed by atoms with E-state index in [0.29, 0.717) is 16.5 Å². The Kier molecular flexibility index (Phi) is 6.68.